The van der Waals surface area contributed by atoms with E-state index in [1.165, 1.54) is 0 Å². The van der Waals surface area contributed by atoms with Gasteiger partial charge < -0.3 is 20.5 Å². The molecule has 182 valence electrons. The number of ether oxygens (including phenoxy) is 1. The molecule has 0 aromatic heterocycles. The Morgan fingerprint density at radius 3 is 1.97 bits per heavy atom. The zero-order chi connectivity index (χ0) is 24.7. The molecular weight excluding hydrogens is 396 g/mol. The van der Waals surface area contributed by atoms with E-state index in [1.807, 2.05) is 27.7 Å². The number of aliphatic carboxylic acids is 1. The van der Waals surface area contributed by atoms with Crippen LogP contribution in [0.4, 0.5) is 0 Å². The third-order valence-electron chi connectivity index (χ3n) is 5.38. The van der Waals surface area contributed by atoms with Gasteiger partial charge >= 0.3 is 5.97 Å². The third kappa shape index (κ3) is 12.1. The first-order valence-electron chi connectivity index (χ1n) is 11.3. The van der Waals surface area contributed by atoms with Crippen LogP contribution in [-0.4, -0.2) is 47.2 Å². The van der Waals surface area contributed by atoms with Gasteiger partial charge in [0.05, 0.1) is 17.4 Å². The van der Waals surface area contributed by atoms with Crippen molar-refractivity contribution in [2.24, 2.45) is 16.7 Å². The molecule has 0 saturated carbocycles. The first-order valence-corrected chi connectivity index (χ1v) is 11.3. The topological polar surface area (TPSA) is 105 Å². The van der Waals surface area contributed by atoms with Gasteiger partial charge in [0.2, 0.25) is 11.8 Å². The minimum Gasteiger partial charge on any atom is -0.481 e. The van der Waals surface area contributed by atoms with Gasteiger partial charge in [0.1, 0.15) is 0 Å². The van der Waals surface area contributed by atoms with Gasteiger partial charge in [0.15, 0.2) is 0 Å². The van der Waals surface area contributed by atoms with Gasteiger partial charge in [-0.25, -0.2) is 0 Å². The highest BCUT2D eigenvalue weighted by molar-refractivity contribution is 5.84. The second-order valence-corrected chi connectivity index (χ2v) is 11.7. The first-order chi connectivity index (χ1) is 13.8. The Hall–Kier alpha value is -1.63. The first kappa shape index (κ1) is 29.4. The molecule has 0 fully saturated rings. The maximum Gasteiger partial charge on any atom is 0.309 e. The van der Waals surface area contributed by atoms with Crippen molar-refractivity contribution in [3.63, 3.8) is 0 Å². The summed E-state index contributed by atoms with van der Waals surface area (Å²) in [6, 6.07) is 0. The Balaban J connectivity index is 4.64. The van der Waals surface area contributed by atoms with Gasteiger partial charge in [0, 0.05) is 24.1 Å². The maximum atomic E-state index is 12.8. The number of carbonyl (C=O) groups excluding carboxylic acids is 2. The van der Waals surface area contributed by atoms with Crippen molar-refractivity contribution < 1.29 is 24.2 Å². The van der Waals surface area contributed by atoms with Gasteiger partial charge in [-0.1, -0.05) is 27.7 Å². The zero-order valence-electron chi connectivity index (χ0n) is 21.4. The van der Waals surface area contributed by atoms with E-state index >= 15 is 0 Å². The van der Waals surface area contributed by atoms with E-state index in [2.05, 4.69) is 24.5 Å². The van der Waals surface area contributed by atoms with Crippen molar-refractivity contribution in [3.05, 3.63) is 0 Å². The van der Waals surface area contributed by atoms with Crippen molar-refractivity contribution in [2.45, 2.75) is 106 Å². The van der Waals surface area contributed by atoms with Crippen LogP contribution in [0.2, 0.25) is 0 Å². The van der Waals surface area contributed by atoms with Crippen LogP contribution in [0.3, 0.4) is 0 Å². The fourth-order valence-electron chi connectivity index (χ4n) is 3.38. The van der Waals surface area contributed by atoms with Crippen LogP contribution in [0, 0.1) is 16.7 Å². The SMILES string of the molecule is CC(C)CCNC(=O)CC(C)(C)OCCC(C)(C)NC(=O)C(C)(C)CC(C)(C)C(=O)O. The molecule has 0 aliphatic heterocycles. The van der Waals surface area contributed by atoms with Crippen LogP contribution >= 0.6 is 0 Å². The van der Waals surface area contributed by atoms with Gasteiger partial charge in [-0.05, 0) is 66.7 Å². The second kappa shape index (κ2) is 11.3. The number of carbonyl (C=O) groups is 3. The summed E-state index contributed by atoms with van der Waals surface area (Å²) in [5.41, 5.74) is -2.95. The molecule has 0 bridgehead atoms. The van der Waals surface area contributed by atoms with Crippen molar-refractivity contribution in [2.75, 3.05) is 13.2 Å². The monoisotopic (exact) mass is 442 g/mol. The second-order valence-electron chi connectivity index (χ2n) is 11.7. The average molecular weight is 443 g/mol. The molecule has 2 amide bonds. The summed E-state index contributed by atoms with van der Waals surface area (Å²) in [5, 5.41) is 15.3. The molecule has 3 N–H and O–H groups in total. The van der Waals surface area contributed by atoms with Crippen LogP contribution < -0.4 is 10.6 Å². The quantitative estimate of drug-likeness (QED) is 0.375. The normalized spacial score (nSPS) is 13.3. The lowest BCUT2D eigenvalue weighted by Crippen LogP contribution is -2.51. The van der Waals surface area contributed by atoms with E-state index in [1.54, 1.807) is 27.7 Å². The van der Waals surface area contributed by atoms with E-state index in [0.29, 0.717) is 25.5 Å². The summed E-state index contributed by atoms with van der Waals surface area (Å²) in [5.74, 6) is -0.588. The molecule has 0 rings (SSSR count). The zero-order valence-corrected chi connectivity index (χ0v) is 21.4. The summed E-state index contributed by atoms with van der Waals surface area (Å²) in [4.78, 5) is 36.4. The largest absolute Gasteiger partial charge is 0.481 e. The van der Waals surface area contributed by atoms with Crippen molar-refractivity contribution >= 4 is 17.8 Å². The number of nitrogens with one attached hydrogen (secondary N) is 2. The summed E-state index contributed by atoms with van der Waals surface area (Å²) in [6.07, 6.45) is 2.01. The lowest BCUT2D eigenvalue weighted by atomic mass is 9.74. The molecule has 0 atom stereocenters. The number of carboxylic acid groups (broad SMARTS) is 1. The highest BCUT2D eigenvalue weighted by atomic mass is 16.5. The predicted octanol–water partition coefficient (Wildman–Crippen LogP) is 4.15. The van der Waals surface area contributed by atoms with E-state index in [-0.39, 0.29) is 24.7 Å². The molecule has 7 heteroatoms. The maximum absolute atomic E-state index is 12.8. The molecule has 0 radical (unpaired) electrons. The number of amides is 2. The molecule has 0 aromatic rings. The van der Waals surface area contributed by atoms with Crippen molar-refractivity contribution in [3.8, 4) is 0 Å². The average Bonchev–Trinajstić information content (AvgIpc) is 2.51. The Kier molecular flexibility index (Phi) is 10.7. The van der Waals surface area contributed by atoms with Crippen LogP contribution in [0.25, 0.3) is 0 Å². The lowest BCUT2D eigenvalue weighted by molar-refractivity contribution is -0.150. The Morgan fingerprint density at radius 2 is 1.48 bits per heavy atom. The standard InChI is InChI=1S/C24H46N2O5/c1-17(2)11-13-25-18(27)15-24(9,10)31-14-12-23(7,8)26-19(28)21(3,4)16-22(5,6)20(29)30/h17H,11-16H2,1-10H3,(H,25,27)(H,26,28)(H,29,30). The van der Waals surface area contributed by atoms with E-state index in [9.17, 15) is 19.5 Å². The molecule has 0 aromatic carbocycles. The smallest absolute Gasteiger partial charge is 0.309 e. The molecule has 0 saturated heterocycles. The Morgan fingerprint density at radius 1 is 0.935 bits per heavy atom. The Labute approximate surface area is 189 Å². The van der Waals surface area contributed by atoms with Crippen LogP contribution in [0.15, 0.2) is 0 Å². The fourth-order valence-corrected chi connectivity index (χ4v) is 3.38. The van der Waals surface area contributed by atoms with Crippen molar-refractivity contribution in [1.29, 1.82) is 0 Å². The van der Waals surface area contributed by atoms with E-state index < -0.39 is 27.9 Å². The summed E-state index contributed by atoms with van der Waals surface area (Å²) in [6.45, 7) is 19.7. The molecule has 0 aliphatic rings. The predicted molar refractivity (Wildman–Crippen MR) is 124 cm³/mol. The highest BCUT2D eigenvalue weighted by Crippen LogP contribution is 2.34. The minimum absolute atomic E-state index is 0.0268. The van der Waals surface area contributed by atoms with Gasteiger partial charge in [-0.2, -0.15) is 0 Å². The fraction of sp³-hybridized carbons (Fsp3) is 0.875. The number of hydrogen-bond acceptors (Lipinski definition) is 4. The number of hydrogen-bond donors (Lipinski definition) is 3. The lowest BCUT2D eigenvalue weighted by Gasteiger charge is -2.36. The minimum atomic E-state index is -0.992. The number of rotatable bonds is 14. The van der Waals surface area contributed by atoms with E-state index in [4.69, 9.17) is 4.74 Å². The highest BCUT2D eigenvalue weighted by Gasteiger charge is 2.40. The third-order valence-corrected chi connectivity index (χ3v) is 5.38. The summed E-state index contributed by atoms with van der Waals surface area (Å²) >= 11 is 0. The van der Waals surface area contributed by atoms with Crippen molar-refractivity contribution in [1.82, 2.24) is 10.6 Å². The van der Waals surface area contributed by atoms with Crippen LogP contribution in [0.5, 0.6) is 0 Å². The van der Waals surface area contributed by atoms with Crippen LogP contribution in [0.1, 0.15) is 94.9 Å². The molecule has 31 heavy (non-hydrogen) atoms. The van der Waals surface area contributed by atoms with Gasteiger partial charge in [-0.3, -0.25) is 14.4 Å². The summed E-state index contributed by atoms with van der Waals surface area (Å²) < 4.78 is 5.95. The molecule has 0 heterocycles. The van der Waals surface area contributed by atoms with Gasteiger partial charge in [0.25, 0.3) is 0 Å². The summed E-state index contributed by atoms with van der Waals surface area (Å²) in [7, 11) is 0. The molecule has 0 spiro atoms. The van der Waals surface area contributed by atoms with Crippen LogP contribution in [-0.2, 0) is 19.1 Å². The molecular formula is C24H46N2O5. The molecule has 7 nitrogen and oxygen atoms in total. The van der Waals surface area contributed by atoms with E-state index in [0.717, 1.165) is 6.42 Å². The number of carboxylic acids is 1. The molecule has 0 aliphatic carbocycles. The Bertz CT molecular complexity index is 621. The van der Waals surface area contributed by atoms with Gasteiger partial charge in [-0.15, -0.1) is 0 Å². The molecule has 0 unspecified atom stereocenters.